The molecule has 1 aliphatic heterocycles. The van der Waals surface area contributed by atoms with Gasteiger partial charge >= 0.3 is 0 Å². The molecule has 1 aliphatic rings. The Labute approximate surface area is 147 Å². The molecule has 2 aromatic heterocycles. The number of piperidine rings is 1. The van der Waals surface area contributed by atoms with Crippen LogP contribution in [-0.2, 0) is 16.0 Å². The molecular formula is C17H26N6O2. The number of methoxy groups -OCH3 is 1. The van der Waals surface area contributed by atoms with Crippen molar-refractivity contribution in [2.45, 2.75) is 39.2 Å². The molecule has 8 heteroatoms. The largest absolute Gasteiger partial charge is 0.383 e. The average Bonchev–Trinajstić information content (AvgIpc) is 3.09. The first kappa shape index (κ1) is 17.6. The van der Waals surface area contributed by atoms with Gasteiger partial charge in [-0.25, -0.2) is 0 Å². The third-order valence-corrected chi connectivity index (χ3v) is 4.67. The Bertz CT molecular complexity index is 723. The fraction of sp³-hybridized carbons (Fsp3) is 0.647. The summed E-state index contributed by atoms with van der Waals surface area (Å²) in [4.78, 5) is 14.7. The molecule has 0 aromatic carbocycles. The van der Waals surface area contributed by atoms with Gasteiger partial charge in [0.25, 0.3) is 0 Å². The number of carbonyl (C=O) groups excluding carboxylic acids is 1. The Morgan fingerprint density at radius 2 is 2.20 bits per heavy atom. The van der Waals surface area contributed by atoms with Crippen LogP contribution in [0.5, 0.6) is 0 Å². The summed E-state index contributed by atoms with van der Waals surface area (Å²) < 4.78 is 6.81. The summed E-state index contributed by atoms with van der Waals surface area (Å²) in [7, 11) is 1.64. The second-order valence-electron chi connectivity index (χ2n) is 6.60. The molecule has 25 heavy (non-hydrogen) atoms. The topological polar surface area (TPSA) is 84.7 Å². The second-order valence-corrected chi connectivity index (χ2v) is 6.60. The summed E-state index contributed by atoms with van der Waals surface area (Å²) in [6.07, 6.45) is 4.15. The van der Waals surface area contributed by atoms with Crippen molar-refractivity contribution < 1.29 is 9.53 Å². The van der Waals surface area contributed by atoms with E-state index in [0.717, 1.165) is 49.4 Å². The first-order valence-electron chi connectivity index (χ1n) is 8.86. The van der Waals surface area contributed by atoms with E-state index < -0.39 is 0 Å². The molecule has 1 atom stereocenters. The van der Waals surface area contributed by atoms with E-state index in [0.29, 0.717) is 6.61 Å². The van der Waals surface area contributed by atoms with E-state index >= 15 is 0 Å². The number of ether oxygens (including phenoxy) is 1. The molecule has 2 aromatic rings. The van der Waals surface area contributed by atoms with Crippen molar-refractivity contribution in [2.75, 3.05) is 31.7 Å². The molecule has 1 saturated heterocycles. The van der Waals surface area contributed by atoms with Crippen molar-refractivity contribution in [2.24, 2.45) is 5.92 Å². The average molecular weight is 346 g/mol. The van der Waals surface area contributed by atoms with Gasteiger partial charge < -0.3 is 15.0 Å². The number of rotatable bonds is 6. The van der Waals surface area contributed by atoms with Gasteiger partial charge in [-0.15, -0.1) is 10.2 Å². The van der Waals surface area contributed by atoms with Crippen molar-refractivity contribution in [3.8, 4) is 0 Å². The van der Waals surface area contributed by atoms with Crippen LogP contribution in [0.3, 0.4) is 0 Å². The predicted molar refractivity (Wildman–Crippen MR) is 94.6 cm³/mol. The first-order chi connectivity index (χ1) is 12.1. The van der Waals surface area contributed by atoms with Crippen molar-refractivity contribution in [1.82, 2.24) is 25.1 Å². The highest BCUT2D eigenvalue weighted by atomic mass is 16.5. The summed E-state index contributed by atoms with van der Waals surface area (Å²) in [5, 5.41) is 15.7. The van der Waals surface area contributed by atoms with E-state index in [2.05, 4.69) is 38.5 Å². The zero-order valence-electron chi connectivity index (χ0n) is 15.1. The van der Waals surface area contributed by atoms with Gasteiger partial charge in [0.15, 0.2) is 0 Å². The Morgan fingerprint density at radius 3 is 2.88 bits per heavy atom. The molecule has 3 heterocycles. The molecule has 136 valence electrons. The Balaban J connectivity index is 1.66. The lowest BCUT2D eigenvalue weighted by atomic mass is 9.95. The monoisotopic (exact) mass is 346 g/mol. The van der Waals surface area contributed by atoms with Crippen LogP contribution < -0.4 is 10.2 Å². The molecular weight excluding hydrogens is 320 g/mol. The fourth-order valence-electron chi connectivity index (χ4n) is 3.30. The lowest BCUT2D eigenvalue weighted by Gasteiger charge is -2.33. The van der Waals surface area contributed by atoms with Gasteiger partial charge in [0.05, 0.1) is 18.0 Å². The van der Waals surface area contributed by atoms with Gasteiger partial charge in [0.2, 0.25) is 11.6 Å². The molecule has 0 saturated carbocycles. The van der Waals surface area contributed by atoms with E-state index in [-0.39, 0.29) is 17.9 Å². The van der Waals surface area contributed by atoms with Crippen LogP contribution >= 0.6 is 0 Å². The summed E-state index contributed by atoms with van der Waals surface area (Å²) in [6, 6.07) is 2.13. The van der Waals surface area contributed by atoms with E-state index in [1.807, 2.05) is 6.92 Å². The summed E-state index contributed by atoms with van der Waals surface area (Å²) in [6.45, 7) is 6.23. The SMILES string of the molecule is CCc1cc(N2CCC(C(=O)NC(C)COC)CC2)c2nncn2n1. The lowest BCUT2D eigenvalue weighted by molar-refractivity contribution is -0.126. The Morgan fingerprint density at radius 1 is 1.44 bits per heavy atom. The van der Waals surface area contributed by atoms with Crippen molar-refractivity contribution in [3.63, 3.8) is 0 Å². The number of aryl methyl sites for hydroxylation is 1. The van der Waals surface area contributed by atoms with Crippen molar-refractivity contribution in [1.29, 1.82) is 0 Å². The van der Waals surface area contributed by atoms with Crippen LogP contribution in [0.15, 0.2) is 12.4 Å². The highest BCUT2D eigenvalue weighted by molar-refractivity contribution is 5.79. The minimum absolute atomic E-state index is 0.0402. The van der Waals surface area contributed by atoms with E-state index in [4.69, 9.17) is 4.74 Å². The number of carbonyl (C=O) groups is 1. The zero-order valence-corrected chi connectivity index (χ0v) is 15.1. The van der Waals surface area contributed by atoms with Crippen LogP contribution in [0, 0.1) is 5.92 Å². The molecule has 0 bridgehead atoms. The van der Waals surface area contributed by atoms with Crippen LogP contribution in [0.1, 0.15) is 32.4 Å². The summed E-state index contributed by atoms with van der Waals surface area (Å²) >= 11 is 0. The highest BCUT2D eigenvalue weighted by Crippen LogP contribution is 2.26. The number of fused-ring (bicyclic) bond motifs is 1. The van der Waals surface area contributed by atoms with Gasteiger partial charge in [-0.3, -0.25) is 4.79 Å². The number of nitrogens with zero attached hydrogens (tertiary/aromatic N) is 5. The van der Waals surface area contributed by atoms with Gasteiger partial charge in [-0.1, -0.05) is 6.92 Å². The molecule has 0 spiro atoms. The predicted octanol–water partition coefficient (Wildman–Crippen LogP) is 1.05. The normalized spacial score (nSPS) is 17.0. The molecule has 1 fully saturated rings. The third kappa shape index (κ3) is 3.89. The number of hydrogen-bond donors (Lipinski definition) is 1. The Kier molecular flexibility index (Phi) is 5.47. The van der Waals surface area contributed by atoms with Gasteiger partial charge in [-0.2, -0.15) is 9.61 Å². The quantitative estimate of drug-likeness (QED) is 0.842. The first-order valence-corrected chi connectivity index (χ1v) is 8.86. The minimum Gasteiger partial charge on any atom is -0.383 e. The van der Waals surface area contributed by atoms with Crippen LogP contribution in [0.4, 0.5) is 5.69 Å². The maximum absolute atomic E-state index is 12.4. The number of hydrogen-bond acceptors (Lipinski definition) is 6. The van der Waals surface area contributed by atoms with Crippen molar-refractivity contribution in [3.05, 3.63) is 18.1 Å². The lowest BCUT2D eigenvalue weighted by Crippen LogP contribution is -2.44. The van der Waals surface area contributed by atoms with E-state index in [9.17, 15) is 4.79 Å². The number of amides is 1. The van der Waals surface area contributed by atoms with Gasteiger partial charge in [0.1, 0.15) is 6.33 Å². The highest BCUT2D eigenvalue weighted by Gasteiger charge is 2.27. The molecule has 8 nitrogen and oxygen atoms in total. The Hall–Kier alpha value is -2.22. The fourth-order valence-corrected chi connectivity index (χ4v) is 3.30. The molecule has 3 rings (SSSR count). The summed E-state index contributed by atoms with van der Waals surface area (Å²) in [5.74, 6) is 0.178. The smallest absolute Gasteiger partial charge is 0.223 e. The molecule has 0 radical (unpaired) electrons. The van der Waals surface area contributed by atoms with Crippen LogP contribution in [0.2, 0.25) is 0 Å². The number of anilines is 1. The van der Waals surface area contributed by atoms with Gasteiger partial charge in [0, 0.05) is 32.2 Å². The van der Waals surface area contributed by atoms with Crippen molar-refractivity contribution >= 4 is 17.2 Å². The molecule has 1 unspecified atom stereocenters. The van der Waals surface area contributed by atoms with E-state index in [1.54, 1.807) is 18.0 Å². The van der Waals surface area contributed by atoms with Crippen LogP contribution in [0.25, 0.3) is 5.65 Å². The third-order valence-electron chi connectivity index (χ3n) is 4.67. The van der Waals surface area contributed by atoms with E-state index in [1.165, 1.54) is 0 Å². The molecule has 0 aliphatic carbocycles. The summed E-state index contributed by atoms with van der Waals surface area (Å²) in [5.41, 5.74) is 2.83. The second kappa shape index (κ2) is 7.77. The van der Waals surface area contributed by atoms with Crippen LogP contribution in [-0.4, -0.2) is 58.6 Å². The zero-order chi connectivity index (χ0) is 17.8. The minimum atomic E-state index is 0.0402. The molecule has 1 amide bonds. The number of nitrogens with one attached hydrogen (secondary N) is 1. The standard InChI is InChI=1S/C17H26N6O2/c1-4-14-9-15(16-20-18-11-23(16)21-14)22-7-5-13(6-8-22)17(24)19-12(2)10-25-3/h9,11-13H,4-8,10H2,1-3H3,(H,19,24). The van der Waals surface area contributed by atoms with Gasteiger partial charge in [-0.05, 0) is 32.3 Å². The molecule has 1 N–H and O–H groups in total. The number of aromatic nitrogens is 4. The maximum Gasteiger partial charge on any atom is 0.223 e. The maximum atomic E-state index is 12.4.